The number of anilines is 1. The molecule has 170 valence electrons. The van der Waals surface area contributed by atoms with E-state index in [0.717, 1.165) is 6.07 Å². The summed E-state index contributed by atoms with van der Waals surface area (Å²) in [5.74, 6) is -2.05. The number of carbonyl (C=O) groups excluding carboxylic acids is 3. The number of rotatable bonds is 4. The summed E-state index contributed by atoms with van der Waals surface area (Å²) in [5.41, 5.74) is -0.186. The molecule has 2 N–H and O–H groups in total. The van der Waals surface area contributed by atoms with E-state index < -0.39 is 41.7 Å². The molecule has 33 heavy (non-hydrogen) atoms. The maximum Gasteiger partial charge on any atom is 0.323 e. The number of likely N-dealkylation sites (tertiary alicyclic amines) is 1. The van der Waals surface area contributed by atoms with Crippen LogP contribution in [0.5, 0.6) is 0 Å². The molecule has 0 bridgehead atoms. The summed E-state index contributed by atoms with van der Waals surface area (Å²) in [6.07, 6.45) is 1.20. The molecule has 1 atom stereocenters. The summed E-state index contributed by atoms with van der Waals surface area (Å²) >= 11 is 0. The summed E-state index contributed by atoms with van der Waals surface area (Å²) in [6, 6.07) is 5.35. The smallest absolute Gasteiger partial charge is 0.323 e. The summed E-state index contributed by atoms with van der Waals surface area (Å²) in [4.78, 5) is 44.2. The van der Waals surface area contributed by atoms with Gasteiger partial charge in [-0.2, -0.15) is 5.26 Å². The maximum absolute atomic E-state index is 14.3. The number of fused-ring (bicyclic) bond motifs is 2. The Bertz CT molecular complexity index is 1210. The molecule has 0 radical (unpaired) electrons. The van der Waals surface area contributed by atoms with Crippen LogP contribution in [0.3, 0.4) is 0 Å². The summed E-state index contributed by atoms with van der Waals surface area (Å²) < 4.78 is 28.3. The van der Waals surface area contributed by atoms with Crippen LogP contribution in [-0.4, -0.2) is 52.3 Å². The molecule has 9 nitrogen and oxygen atoms in total. The second-order valence-electron chi connectivity index (χ2n) is 8.10. The first kappa shape index (κ1) is 22.1. The van der Waals surface area contributed by atoms with E-state index in [0.29, 0.717) is 11.3 Å². The van der Waals surface area contributed by atoms with Crippen LogP contribution in [0.25, 0.3) is 0 Å². The van der Waals surface area contributed by atoms with Crippen LogP contribution in [0.15, 0.2) is 30.5 Å². The van der Waals surface area contributed by atoms with Gasteiger partial charge in [0.05, 0.1) is 30.4 Å². The van der Waals surface area contributed by atoms with Crippen molar-refractivity contribution in [3.05, 3.63) is 58.9 Å². The van der Waals surface area contributed by atoms with E-state index in [-0.39, 0.29) is 30.3 Å². The SMILES string of the molecule is CC(=O)N1CC2(C1)c1cc(F)ccc1NC(=O)N2CC(=O)N[C@@H](C)c1ncc(C#N)cc1F. The lowest BCUT2D eigenvalue weighted by Crippen LogP contribution is -2.72. The second-order valence-corrected chi connectivity index (χ2v) is 8.10. The molecule has 3 heterocycles. The lowest BCUT2D eigenvalue weighted by molar-refractivity contribution is -0.144. The van der Waals surface area contributed by atoms with Crippen LogP contribution < -0.4 is 10.6 Å². The third-order valence-electron chi connectivity index (χ3n) is 5.92. The molecular weight excluding hydrogens is 434 g/mol. The standard InChI is InChI=1S/C22H20F2N6O3/c1-12(20-17(24)5-14(7-25)8-26-20)27-19(32)9-30-21(33)28-18-4-3-15(23)6-16(18)22(30)10-29(11-22)13(2)31/h3-6,8,12H,9-11H2,1-2H3,(H,27,32)(H,28,33)/t12-/m0/s1. The number of hydrogen-bond acceptors (Lipinski definition) is 5. The minimum absolute atomic E-state index is 0.0487. The Morgan fingerprint density at radius 2 is 2.06 bits per heavy atom. The van der Waals surface area contributed by atoms with Gasteiger partial charge in [-0.05, 0) is 31.2 Å². The summed E-state index contributed by atoms with van der Waals surface area (Å²) in [6.45, 7) is 2.73. The normalized spacial score (nSPS) is 16.9. The molecule has 0 unspecified atom stereocenters. The number of benzene rings is 1. The molecule has 2 aliphatic rings. The molecule has 1 fully saturated rings. The van der Waals surface area contributed by atoms with Crippen molar-refractivity contribution in [1.29, 1.82) is 5.26 Å². The Kier molecular flexibility index (Phi) is 5.45. The number of pyridine rings is 1. The number of hydrogen-bond donors (Lipinski definition) is 2. The maximum atomic E-state index is 14.3. The molecule has 1 saturated heterocycles. The fraction of sp³-hybridized carbons (Fsp3) is 0.318. The van der Waals surface area contributed by atoms with Gasteiger partial charge < -0.3 is 20.4 Å². The molecule has 4 amide bonds. The van der Waals surface area contributed by atoms with E-state index in [9.17, 15) is 23.2 Å². The van der Waals surface area contributed by atoms with Gasteiger partial charge in [-0.3, -0.25) is 14.6 Å². The third-order valence-corrected chi connectivity index (χ3v) is 5.92. The highest BCUT2D eigenvalue weighted by molar-refractivity contribution is 5.97. The average Bonchev–Trinajstić information content (AvgIpc) is 2.72. The van der Waals surface area contributed by atoms with E-state index in [4.69, 9.17) is 5.26 Å². The highest BCUT2D eigenvalue weighted by atomic mass is 19.1. The molecule has 1 spiro atoms. The van der Waals surface area contributed by atoms with E-state index in [2.05, 4.69) is 15.6 Å². The molecule has 2 aliphatic heterocycles. The van der Waals surface area contributed by atoms with Crippen molar-refractivity contribution < 1.29 is 23.2 Å². The van der Waals surface area contributed by atoms with E-state index >= 15 is 0 Å². The minimum Gasteiger partial charge on any atom is -0.346 e. The number of halogens is 2. The molecule has 2 aromatic rings. The number of aromatic nitrogens is 1. The lowest BCUT2D eigenvalue weighted by atomic mass is 9.78. The van der Waals surface area contributed by atoms with Crippen molar-refractivity contribution >= 4 is 23.5 Å². The number of nitriles is 1. The molecular formula is C22H20F2N6O3. The fourth-order valence-electron chi connectivity index (χ4n) is 4.23. The molecule has 0 aliphatic carbocycles. The summed E-state index contributed by atoms with van der Waals surface area (Å²) in [5, 5.41) is 14.1. The van der Waals surface area contributed by atoms with Gasteiger partial charge >= 0.3 is 6.03 Å². The van der Waals surface area contributed by atoms with Crippen LogP contribution in [0.4, 0.5) is 19.3 Å². The van der Waals surface area contributed by atoms with Gasteiger partial charge in [-0.15, -0.1) is 0 Å². The number of amides is 4. The third kappa shape index (κ3) is 3.84. The molecule has 4 rings (SSSR count). The first-order valence-corrected chi connectivity index (χ1v) is 10.1. The molecule has 11 heteroatoms. The first-order chi connectivity index (χ1) is 15.6. The van der Waals surface area contributed by atoms with Gasteiger partial charge in [0, 0.05) is 24.4 Å². The predicted molar refractivity (Wildman–Crippen MR) is 112 cm³/mol. The number of urea groups is 1. The van der Waals surface area contributed by atoms with Crippen molar-refractivity contribution in [1.82, 2.24) is 20.1 Å². The zero-order chi connectivity index (χ0) is 23.9. The zero-order valence-electron chi connectivity index (χ0n) is 17.9. The van der Waals surface area contributed by atoms with Gasteiger partial charge in [0.1, 0.15) is 29.8 Å². The Morgan fingerprint density at radius 1 is 1.33 bits per heavy atom. The Hall–Kier alpha value is -4.07. The van der Waals surface area contributed by atoms with Gasteiger partial charge in [0.15, 0.2) is 0 Å². The molecule has 1 aromatic carbocycles. The fourth-order valence-corrected chi connectivity index (χ4v) is 4.23. The van der Waals surface area contributed by atoms with Crippen LogP contribution in [-0.2, 0) is 15.1 Å². The second kappa shape index (κ2) is 8.12. The first-order valence-electron chi connectivity index (χ1n) is 10.1. The largest absolute Gasteiger partial charge is 0.346 e. The van der Waals surface area contributed by atoms with E-state index in [1.165, 1.54) is 48.0 Å². The van der Waals surface area contributed by atoms with Crippen LogP contribution in [0, 0.1) is 23.0 Å². The summed E-state index contributed by atoms with van der Waals surface area (Å²) in [7, 11) is 0. The van der Waals surface area contributed by atoms with Gasteiger partial charge in [0.2, 0.25) is 11.8 Å². The van der Waals surface area contributed by atoms with Crippen molar-refractivity contribution in [2.75, 3.05) is 25.0 Å². The Morgan fingerprint density at radius 3 is 2.70 bits per heavy atom. The van der Waals surface area contributed by atoms with E-state index in [1.54, 1.807) is 6.07 Å². The predicted octanol–water partition coefficient (Wildman–Crippen LogP) is 2.01. The van der Waals surface area contributed by atoms with Crippen LogP contribution in [0.2, 0.25) is 0 Å². The number of nitrogens with zero attached hydrogens (tertiary/aromatic N) is 4. The van der Waals surface area contributed by atoms with Gasteiger partial charge in [-0.1, -0.05) is 0 Å². The highest BCUT2D eigenvalue weighted by Gasteiger charge is 2.55. The topological polar surface area (TPSA) is 118 Å². The zero-order valence-corrected chi connectivity index (χ0v) is 17.9. The quantitative estimate of drug-likeness (QED) is 0.733. The average molecular weight is 454 g/mol. The van der Waals surface area contributed by atoms with Gasteiger partial charge in [0.25, 0.3) is 0 Å². The molecule has 1 aromatic heterocycles. The minimum atomic E-state index is -1.07. The Labute approximate surface area is 188 Å². The Balaban J connectivity index is 1.57. The number of carbonyl (C=O) groups is 3. The highest BCUT2D eigenvalue weighted by Crippen LogP contribution is 2.44. The monoisotopic (exact) mass is 454 g/mol. The van der Waals surface area contributed by atoms with Gasteiger partial charge in [-0.25, -0.2) is 13.6 Å². The van der Waals surface area contributed by atoms with Crippen LogP contribution >= 0.6 is 0 Å². The molecule has 0 saturated carbocycles. The van der Waals surface area contributed by atoms with Crippen molar-refractivity contribution in [2.24, 2.45) is 0 Å². The van der Waals surface area contributed by atoms with Crippen molar-refractivity contribution in [2.45, 2.75) is 25.4 Å². The lowest BCUT2D eigenvalue weighted by Gasteiger charge is -2.57. The number of nitrogens with one attached hydrogen (secondary N) is 2. The van der Waals surface area contributed by atoms with Crippen molar-refractivity contribution in [3.8, 4) is 6.07 Å². The van der Waals surface area contributed by atoms with E-state index in [1.807, 2.05) is 0 Å². The van der Waals surface area contributed by atoms with Crippen LogP contribution in [0.1, 0.15) is 36.7 Å². The van der Waals surface area contributed by atoms with Crippen molar-refractivity contribution in [3.63, 3.8) is 0 Å².